The predicted octanol–water partition coefficient (Wildman–Crippen LogP) is 4.02. The highest BCUT2D eigenvalue weighted by Crippen LogP contribution is 2.30. The van der Waals surface area contributed by atoms with Gasteiger partial charge in [0.05, 0.1) is 16.8 Å². The van der Waals surface area contributed by atoms with Gasteiger partial charge in [0.15, 0.2) is 0 Å². The zero-order valence-electron chi connectivity index (χ0n) is 11.1. The van der Waals surface area contributed by atoms with Crippen molar-refractivity contribution in [3.63, 3.8) is 0 Å². The van der Waals surface area contributed by atoms with Crippen LogP contribution in [0.3, 0.4) is 0 Å². The van der Waals surface area contributed by atoms with Crippen LogP contribution >= 0.6 is 11.6 Å². The number of halogens is 1. The first-order valence-electron chi connectivity index (χ1n) is 6.25. The van der Waals surface area contributed by atoms with E-state index >= 15 is 0 Å². The highest BCUT2D eigenvalue weighted by molar-refractivity contribution is 6.33. The standard InChI is InChI=1S/C14H22ClNO/c1-5-10(3)16(6-2)14-8-7-12(11(4)17)9-13(14)15/h7-11,17H,5-6H2,1-4H3/t10?,11-/m0/s1. The smallest absolute Gasteiger partial charge is 0.0762 e. The van der Waals surface area contributed by atoms with Gasteiger partial charge >= 0.3 is 0 Å². The summed E-state index contributed by atoms with van der Waals surface area (Å²) >= 11 is 6.30. The van der Waals surface area contributed by atoms with Gasteiger partial charge in [-0.3, -0.25) is 0 Å². The molecule has 0 heterocycles. The summed E-state index contributed by atoms with van der Waals surface area (Å²) in [5, 5.41) is 10.2. The van der Waals surface area contributed by atoms with Crippen LogP contribution in [0.15, 0.2) is 18.2 Å². The second-order valence-corrected chi connectivity index (χ2v) is 4.84. The first-order chi connectivity index (χ1) is 8.01. The number of benzene rings is 1. The minimum Gasteiger partial charge on any atom is -0.389 e. The van der Waals surface area contributed by atoms with Gasteiger partial charge in [-0.15, -0.1) is 0 Å². The number of rotatable bonds is 5. The first-order valence-corrected chi connectivity index (χ1v) is 6.63. The minimum atomic E-state index is -0.472. The molecule has 0 aliphatic heterocycles. The molecule has 2 atom stereocenters. The molecule has 2 nitrogen and oxygen atoms in total. The maximum absolute atomic E-state index is 9.52. The van der Waals surface area contributed by atoms with Gasteiger partial charge < -0.3 is 10.0 Å². The maximum atomic E-state index is 9.52. The normalized spacial score (nSPS) is 14.5. The Balaban J connectivity index is 3.05. The van der Waals surface area contributed by atoms with Crippen LogP contribution in [0.4, 0.5) is 5.69 Å². The monoisotopic (exact) mass is 255 g/mol. The van der Waals surface area contributed by atoms with Crippen LogP contribution in [0.2, 0.25) is 5.02 Å². The largest absolute Gasteiger partial charge is 0.389 e. The lowest BCUT2D eigenvalue weighted by molar-refractivity contribution is 0.199. The highest BCUT2D eigenvalue weighted by Gasteiger charge is 2.15. The molecular formula is C14H22ClNO. The predicted molar refractivity (Wildman–Crippen MR) is 74.9 cm³/mol. The fourth-order valence-corrected chi connectivity index (χ4v) is 2.25. The van der Waals surface area contributed by atoms with Crippen LogP contribution in [-0.4, -0.2) is 17.7 Å². The summed E-state index contributed by atoms with van der Waals surface area (Å²) in [5.41, 5.74) is 1.91. The Morgan fingerprint density at radius 1 is 1.29 bits per heavy atom. The molecule has 1 rings (SSSR count). The van der Waals surface area contributed by atoms with Gasteiger partial charge in [0.1, 0.15) is 0 Å². The lowest BCUT2D eigenvalue weighted by Gasteiger charge is -2.30. The van der Waals surface area contributed by atoms with Gasteiger partial charge in [-0.1, -0.05) is 24.6 Å². The van der Waals surface area contributed by atoms with Crippen molar-refractivity contribution in [2.45, 2.75) is 46.3 Å². The van der Waals surface area contributed by atoms with E-state index < -0.39 is 6.10 Å². The second-order valence-electron chi connectivity index (χ2n) is 4.43. The third-order valence-corrected chi connectivity index (χ3v) is 3.53. The zero-order chi connectivity index (χ0) is 13.0. The number of aliphatic hydroxyl groups excluding tert-OH is 1. The summed E-state index contributed by atoms with van der Waals surface area (Å²) in [4.78, 5) is 2.29. The Hall–Kier alpha value is -0.730. The molecule has 1 unspecified atom stereocenters. The summed E-state index contributed by atoms with van der Waals surface area (Å²) in [7, 11) is 0. The Kier molecular flexibility index (Phi) is 5.29. The number of aliphatic hydroxyl groups is 1. The van der Waals surface area contributed by atoms with Crippen molar-refractivity contribution in [1.29, 1.82) is 0 Å². The minimum absolute atomic E-state index is 0.468. The molecular weight excluding hydrogens is 234 g/mol. The van der Waals surface area contributed by atoms with Crippen LogP contribution in [0.25, 0.3) is 0 Å². The number of anilines is 1. The van der Waals surface area contributed by atoms with Crippen molar-refractivity contribution in [3.05, 3.63) is 28.8 Å². The second kappa shape index (κ2) is 6.27. The fraction of sp³-hybridized carbons (Fsp3) is 0.571. The molecule has 0 spiro atoms. The van der Waals surface area contributed by atoms with E-state index in [0.29, 0.717) is 11.1 Å². The number of hydrogen-bond acceptors (Lipinski definition) is 2. The summed E-state index contributed by atoms with van der Waals surface area (Å²) in [6.07, 6.45) is 0.614. The van der Waals surface area contributed by atoms with Crippen LogP contribution in [0.5, 0.6) is 0 Å². The van der Waals surface area contributed by atoms with E-state index in [1.165, 1.54) is 0 Å². The van der Waals surface area contributed by atoms with E-state index in [4.69, 9.17) is 11.6 Å². The Morgan fingerprint density at radius 3 is 2.35 bits per heavy atom. The molecule has 1 N–H and O–H groups in total. The summed E-state index contributed by atoms with van der Waals surface area (Å²) in [6.45, 7) is 9.18. The van der Waals surface area contributed by atoms with Gasteiger partial charge in [0.2, 0.25) is 0 Å². The maximum Gasteiger partial charge on any atom is 0.0762 e. The molecule has 3 heteroatoms. The topological polar surface area (TPSA) is 23.5 Å². The number of hydrogen-bond donors (Lipinski definition) is 1. The van der Waals surface area contributed by atoms with Gasteiger partial charge in [-0.25, -0.2) is 0 Å². The zero-order valence-corrected chi connectivity index (χ0v) is 11.8. The average molecular weight is 256 g/mol. The van der Waals surface area contributed by atoms with E-state index in [2.05, 4.69) is 25.7 Å². The lowest BCUT2D eigenvalue weighted by atomic mass is 10.1. The molecule has 0 aliphatic rings. The van der Waals surface area contributed by atoms with Crippen LogP contribution in [0.1, 0.15) is 45.8 Å². The summed E-state index contributed by atoms with van der Waals surface area (Å²) in [6, 6.07) is 6.26. The molecule has 0 bridgehead atoms. The Morgan fingerprint density at radius 2 is 1.94 bits per heavy atom. The third-order valence-electron chi connectivity index (χ3n) is 3.23. The molecule has 0 fully saturated rings. The van der Waals surface area contributed by atoms with Crippen molar-refractivity contribution in [3.8, 4) is 0 Å². The van der Waals surface area contributed by atoms with Crippen LogP contribution < -0.4 is 4.90 Å². The van der Waals surface area contributed by atoms with Crippen molar-refractivity contribution in [1.82, 2.24) is 0 Å². The third kappa shape index (κ3) is 3.36. The SMILES string of the molecule is CCC(C)N(CC)c1ccc([C@H](C)O)cc1Cl. The molecule has 0 aliphatic carbocycles. The van der Waals surface area contributed by atoms with Crippen molar-refractivity contribution < 1.29 is 5.11 Å². The van der Waals surface area contributed by atoms with Crippen LogP contribution in [-0.2, 0) is 0 Å². The van der Waals surface area contributed by atoms with Gasteiger partial charge in [-0.2, -0.15) is 0 Å². The van der Waals surface area contributed by atoms with Crippen molar-refractivity contribution in [2.75, 3.05) is 11.4 Å². The highest BCUT2D eigenvalue weighted by atomic mass is 35.5. The molecule has 1 aromatic carbocycles. The van der Waals surface area contributed by atoms with Gasteiger partial charge in [0, 0.05) is 12.6 Å². The van der Waals surface area contributed by atoms with E-state index in [1.54, 1.807) is 6.92 Å². The van der Waals surface area contributed by atoms with Crippen molar-refractivity contribution in [2.24, 2.45) is 0 Å². The molecule has 96 valence electrons. The van der Waals surface area contributed by atoms with E-state index in [0.717, 1.165) is 24.2 Å². The number of nitrogens with zero attached hydrogens (tertiary/aromatic N) is 1. The van der Waals surface area contributed by atoms with E-state index in [1.807, 2.05) is 18.2 Å². The van der Waals surface area contributed by atoms with Gasteiger partial charge in [-0.05, 0) is 44.9 Å². The Bertz CT molecular complexity index is 365. The Labute approximate surface area is 109 Å². The molecule has 0 saturated carbocycles. The quantitative estimate of drug-likeness (QED) is 0.859. The van der Waals surface area contributed by atoms with Crippen LogP contribution in [0, 0.1) is 0 Å². The van der Waals surface area contributed by atoms with Crippen molar-refractivity contribution >= 4 is 17.3 Å². The first kappa shape index (κ1) is 14.3. The molecule has 0 saturated heterocycles. The molecule has 0 radical (unpaired) electrons. The summed E-state index contributed by atoms with van der Waals surface area (Å²) < 4.78 is 0. The molecule has 17 heavy (non-hydrogen) atoms. The van der Waals surface area contributed by atoms with E-state index in [9.17, 15) is 5.11 Å². The molecule has 0 aromatic heterocycles. The fourth-order valence-electron chi connectivity index (χ4n) is 1.96. The average Bonchev–Trinajstić information content (AvgIpc) is 2.31. The lowest BCUT2D eigenvalue weighted by Crippen LogP contribution is -2.32. The van der Waals surface area contributed by atoms with Gasteiger partial charge in [0.25, 0.3) is 0 Å². The molecule has 1 aromatic rings. The summed E-state index contributed by atoms with van der Waals surface area (Å²) in [5.74, 6) is 0. The van der Waals surface area contributed by atoms with E-state index in [-0.39, 0.29) is 0 Å². The molecule has 0 amide bonds.